The highest BCUT2D eigenvalue weighted by Crippen LogP contribution is 2.32. The second-order valence-electron chi connectivity index (χ2n) is 7.48. The first-order valence-electron chi connectivity index (χ1n) is 10.8. The van der Waals surface area contributed by atoms with Crippen LogP contribution in [0.5, 0.6) is 0 Å². The van der Waals surface area contributed by atoms with Gasteiger partial charge in [-0.25, -0.2) is 4.79 Å². The van der Waals surface area contributed by atoms with Gasteiger partial charge in [-0.05, 0) is 37.1 Å². The molecule has 2 aromatic heterocycles. The van der Waals surface area contributed by atoms with Crippen molar-refractivity contribution in [3.05, 3.63) is 86.6 Å². The molecule has 1 unspecified atom stereocenters. The van der Waals surface area contributed by atoms with Crippen LogP contribution in [0.15, 0.2) is 64.8 Å². The average Bonchev–Trinajstić information content (AvgIpc) is 3.24. The number of hydrogen-bond donors (Lipinski definition) is 1. The highest BCUT2D eigenvalue weighted by molar-refractivity contribution is 7.16. The minimum atomic E-state index is -0.658. The number of rotatable bonds is 7. The number of nitrogens with zero attached hydrogens (tertiary/aromatic N) is 2. The molecule has 0 aliphatic carbocycles. The number of ether oxygens (including phenoxy) is 1. The Labute approximate surface area is 204 Å². The van der Waals surface area contributed by atoms with Crippen molar-refractivity contribution in [3.8, 4) is 5.69 Å². The minimum absolute atomic E-state index is 0.0109. The van der Waals surface area contributed by atoms with Crippen LogP contribution in [-0.4, -0.2) is 28.3 Å². The van der Waals surface area contributed by atoms with Crippen molar-refractivity contribution in [3.63, 3.8) is 0 Å². The third-order valence-corrected chi connectivity index (χ3v) is 6.47. The Balaban J connectivity index is 1.85. The molecular weight excluding hydrogens is 474 g/mol. The zero-order valence-corrected chi connectivity index (χ0v) is 20.2. The van der Waals surface area contributed by atoms with Crippen molar-refractivity contribution >= 4 is 50.6 Å². The molecule has 2 heterocycles. The largest absolute Gasteiger partial charge is 0.461 e. The Bertz CT molecular complexity index is 1410. The SMILES string of the molecule is CCOC(=O)c1nn(-c2cccc(Cl)c2)c(=O)c2c(NC(=O)C(CC)c3ccccc3)scc12. The molecule has 34 heavy (non-hydrogen) atoms. The van der Waals surface area contributed by atoms with Gasteiger partial charge in [-0.1, -0.05) is 54.9 Å². The fraction of sp³-hybridized carbons (Fsp3) is 0.200. The summed E-state index contributed by atoms with van der Waals surface area (Å²) in [5.74, 6) is -1.28. The smallest absolute Gasteiger partial charge is 0.359 e. The Kier molecular flexibility index (Phi) is 7.09. The maximum absolute atomic E-state index is 13.5. The van der Waals surface area contributed by atoms with E-state index in [1.54, 1.807) is 36.6 Å². The Morgan fingerprint density at radius 3 is 2.59 bits per heavy atom. The van der Waals surface area contributed by atoms with Gasteiger partial charge in [-0.2, -0.15) is 9.78 Å². The molecule has 0 radical (unpaired) electrons. The quantitative estimate of drug-likeness (QED) is 0.346. The van der Waals surface area contributed by atoms with Crippen molar-refractivity contribution in [1.82, 2.24) is 9.78 Å². The van der Waals surface area contributed by atoms with E-state index in [-0.39, 0.29) is 29.5 Å². The number of benzene rings is 2. The van der Waals surface area contributed by atoms with Gasteiger partial charge in [0.25, 0.3) is 5.56 Å². The molecule has 4 rings (SSSR count). The van der Waals surface area contributed by atoms with Crippen LogP contribution in [0.25, 0.3) is 16.5 Å². The number of esters is 1. The molecule has 1 amide bonds. The van der Waals surface area contributed by atoms with E-state index in [2.05, 4.69) is 10.4 Å². The highest BCUT2D eigenvalue weighted by Gasteiger charge is 2.25. The fourth-order valence-electron chi connectivity index (χ4n) is 3.73. The van der Waals surface area contributed by atoms with Gasteiger partial charge in [0, 0.05) is 15.8 Å². The molecule has 0 fully saturated rings. The molecule has 0 bridgehead atoms. The first kappa shape index (κ1) is 23.7. The summed E-state index contributed by atoms with van der Waals surface area (Å²) in [5.41, 5.74) is 0.788. The van der Waals surface area contributed by atoms with E-state index < -0.39 is 11.5 Å². The van der Waals surface area contributed by atoms with Gasteiger partial charge < -0.3 is 10.1 Å². The van der Waals surface area contributed by atoms with E-state index in [0.29, 0.717) is 27.5 Å². The molecular formula is C25H22ClN3O4S. The number of halogens is 1. The Hall–Kier alpha value is -3.49. The number of carbonyl (C=O) groups is 2. The van der Waals surface area contributed by atoms with Gasteiger partial charge in [0.15, 0.2) is 5.69 Å². The van der Waals surface area contributed by atoms with Crippen LogP contribution in [0.2, 0.25) is 5.02 Å². The third-order valence-electron chi connectivity index (χ3n) is 5.34. The lowest BCUT2D eigenvalue weighted by atomic mass is 9.96. The molecule has 9 heteroatoms. The minimum Gasteiger partial charge on any atom is -0.461 e. The van der Waals surface area contributed by atoms with E-state index >= 15 is 0 Å². The zero-order chi connectivity index (χ0) is 24.2. The molecule has 2 aromatic carbocycles. The standard InChI is InChI=1S/C25H22ClN3O4S/c1-3-18(15-9-6-5-7-10-15)22(30)27-23-20-19(14-34-23)21(25(32)33-4-2)28-29(24(20)31)17-12-8-11-16(26)13-17/h5-14,18H,3-4H2,1-2H3,(H,27,30). The zero-order valence-electron chi connectivity index (χ0n) is 18.6. The lowest BCUT2D eigenvalue weighted by Gasteiger charge is -2.15. The number of amides is 1. The lowest BCUT2D eigenvalue weighted by molar-refractivity contribution is -0.117. The molecule has 0 aliphatic heterocycles. The Morgan fingerprint density at radius 2 is 1.91 bits per heavy atom. The second kappa shape index (κ2) is 10.2. The second-order valence-corrected chi connectivity index (χ2v) is 8.80. The molecule has 1 atom stereocenters. The van der Waals surface area contributed by atoms with Crippen molar-refractivity contribution in [2.75, 3.05) is 11.9 Å². The van der Waals surface area contributed by atoms with Crippen LogP contribution >= 0.6 is 22.9 Å². The first-order chi connectivity index (χ1) is 16.4. The van der Waals surface area contributed by atoms with Crippen molar-refractivity contribution < 1.29 is 14.3 Å². The summed E-state index contributed by atoms with van der Waals surface area (Å²) in [6.07, 6.45) is 0.585. The summed E-state index contributed by atoms with van der Waals surface area (Å²) in [6.45, 7) is 3.77. The molecule has 0 saturated carbocycles. The van der Waals surface area contributed by atoms with E-state index in [0.717, 1.165) is 10.2 Å². The topological polar surface area (TPSA) is 90.3 Å². The molecule has 1 N–H and O–H groups in total. The summed E-state index contributed by atoms with van der Waals surface area (Å²) in [4.78, 5) is 39.4. The van der Waals surface area contributed by atoms with E-state index in [4.69, 9.17) is 16.3 Å². The summed E-state index contributed by atoms with van der Waals surface area (Å²) >= 11 is 7.28. The van der Waals surface area contributed by atoms with Crippen LogP contribution in [0.4, 0.5) is 5.00 Å². The number of nitrogens with one attached hydrogen (secondary N) is 1. The van der Waals surface area contributed by atoms with Crippen LogP contribution in [0, 0.1) is 0 Å². The van der Waals surface area contributed by atoms with E-state index in [9.17, 15) is 14.4 Å². The van der Waals surface area contributed by atoms with Crippen LogP contribution < -0.4 is 10.9 Å². The predicted molar refractivity (Wildman–Crippen MR) is 134 cm³/mol. The average molecular weight is 496 g/mol. The predicted octanol–water partition coefficient (Wildman–Crippen LogP) is 5.41. The molecule has 0 saturated heterocycles. The van der Waals surface area contributed by atoms with Crippen molar-refractivity contribution in [2.24, 2.45) is 0 Å². The van der Waals surface area contributed by atoms with Gasteiger partial charge in [0.2, 0.25) is 5.91 Å². The molecule has 174 valence electrons. The lowest BCUT2D eigenvalue weighted by Crippen LogP contribution is -2.26. The molecule has 0 spiro atoms. The number of thiophene rings is 1. The monoisotopic (exact) mass is 495 g/mol. The van der Waals surface area contributed by atoms with Gasteiger partial charge in [-0.3, -0.25) is 9.59 Å². The number of hydrogen-bond acceptors (Lipinski definition) is 6. The first-order valence-corrected chi connectivity index (χ1v) is 12.0. The number of fused-ring (bicyclic) bond motifs is 1. The van der Waals surface area contributed by atoms with Crippen LogP contribution in [-0.2, 0) is 9.53 Å². The third kappa shape index (κ3) is 4.60. The highest BCUT2D eigenvalue weighted by atomic mass is 35.5. The fourth-order valence-corrected chi connectivity index (χ4v) is 4.86. The summed E-state index contributed by atoms with van der Waals surface area (Å²) in [5, 5.41) is 10.1. The van der Waals surface area contributed by atoms with Gasteiger partial charge >= 0.3 is 5.97 Å². The van der Waals surface area contributed by atoms with Crippen molar-refractivity contribution in [1.29, 1.82) is 0 Å². The van der Waals surface area contributed by atoms with E-state index in [1.165, 1.54) is 11.3 Å². The molecule has 4 aromatic rings. The number of aromatic nitrogens is 2. The maximum atomic E-state index is 13.5. The normalized spacial score (nSPS) is 11.9. The van der Waals surface area contributed by atoms with Gasteiger partial charge in [0.05, 0.1) is 23.6 Å². The van der Waals surface area contributed by atoms with Crippen LogP contribution in [0.3, 0.4) is 0 Å². The van der Waals surface area contributed by atoms with Gasteiger partial charge in [-0.15, -0.1) is 11.3 Å². The molecule has 7 nitrogen and oxygen atoms in total. The Morgan fingerprint density at radius 1 is 1.15 bits per heavy atom. The number of carbonyl (C=O) groups excluding carboxylic acids is 2. The van der Waals surface area contributed by atoms with E-state index in [1.807, 2.05) is 37.3 Å². The van der Waals surface area contributed by atoms with Gasteiger partial charge in [0.1, 0.15) is 5.00 Å². The van der Waals surface area contributed by atoms with Crippen molar-refractivity contribution in [2.45, 2.75) is 26.2 Å². The van der Waals surface area contributed by atoms with Crippen LogP contribution in [0.1, 0.15) is 42.2 Å². The summed E-state index contributed by atoms with van der Waals surface area (Å²) < 4.78 is 6.28. The summed E-state index contributed by atoms with van der Waals surface area (Å²) in [6, 6.07) is 16.0. The summed E-state index contributed by atoms with van der Waals surface area (Å²) in [7, 11) is 0. The number of anilines is 1. The maximum Gasteiger partial charge on any atom is 0.359 e. The molecule has 0 aliphatic rings.